The Labute approximate surface area is 291 Å². The molecule has 266 valence electrons. The van der Waals surface area contributed by atoms with Gasteiger partial charge in [-0.1, -0.05) is 74.5 Å². The topological polar surface area (TPSA) is 167 Å². The Balaban J connectivity index is 1.45. The summed E-state index contributed by atoms with van der Waals surface area (Å²) >= 11 is 0. The number of fused-ring (bicyclic) bond motifs is 2. The first kappa shape index (κ1) is 37.7. The molecule has 0 radical (unpaired) electrons. The fourth-order valence-corrected chi connectivity index (χ4v) is 6.86. The Bertz CT molecular complexity index is 1360. The number of benzene rings is 2. The Morgan fingerprint density at radius 2 is 1.33 bits per heavy atom. The van der Waals surface area contributed by atoms with Gasteiger partial charge in [-0.3, -0.25) is 19.2 Å². The number of rotatable bonds is 19. The van der Waals surface area contributed by atoms with E-state index in [0.29, 0.717) is 44.3 Å². The van der Waals surface area contributed by atoms with E-state index in [9.17, 15) is 19.2 Å². The molecule has 0 aromatic heterocycles. The molecule has 2 aliphatic rings. The van der Waals surface area contributed by atoms with Gasteiger partial charge in [0.1, 0.15) is 18.1 Å². The van der Waals surface area contributed by atoms with Crippen molar-refractivity contribution in [3.8, 4) is 0 Å². The third-order valence-electron chi connectivity index (χ3n) is 9.40. The number of nitrogens with one attached hydrogen (secondary N) is 5. The molecule has 6 atom stereocenters. The second-order valence-electron chi connectivity index (χ2n) is 14.1. The van der Waals surface area contributed by atoms with Gasteiger partial charge in [0.15, 0.2) is 0 Å². The average molecular weight is 674 g/mol. The van der Waals surface area contributed by atoms with Crippen LogP contribution < -0.4 is 32.3 Å². The molecule has 4 amide bonds. The lowest BCUT2D eigenvalue weighted by molar-refractivity contribution is -0.134. The van der Waals surface area contributed by atoms with Crippen LogP contribution in [0.5, 0.6) is 0 Å². The fraction of sp³-hybridized carbons (Fsp3) is 0.553. The van der Waals surface area contributed by atoms with Gasteiger partial charge in [0.05, 0.1) is 6.04 Å². The monoisotopic (exact) mass is 673 g/mol. The van der Waals surface area contributed by atoms with Gasteiger partial charge in [-0.15, -0.1) is 0 Å². The molecule has 0 aliphatic carbocycles. The van der Waals surface area contributed by atoms with E-state index in [2.05, 4.69) is 38.3 Å². The van der Waals surface area contributed by atoms with Crippen molar-refractivity contribution in [3.05, 3.63) is 71.8 Å². The highest BCUT2D eigenvalue weighted by Gasteiger charge is 2.36. The molecule has 11 nitrogen and oxygen atoms in total. The fourth-order valence-electron chi connectivity index (χ4n) is 6.86. The lowest BCUT2D eigenvalue weighted by atomic mass is 9.98. The van der Waals surface area contributed by atoms with Crippen LogP contribution in [0.3, 0.4) is 0 Å². The van der Waals surface area contributed by atoms with Gasteiger partial charge in [-0.05, 0) is 81.5 Å². The van der Waals surface area contributed by atoms with Crippen molar-refractivity contribution >= 4 is 30.3 Å². The van der Waals surface area contributed by atoms with Crippen molar-refractivity contribution in [3.63, 3.8) is 0 Å². The van der Waals surface area contributed by atoms with E-state index < -0.39 is 41.9 Å². The number of hydrogen-bond donors (Lipinski definition) is 6. The second kappa shape index (κ2) is 19.2. The van der Waals surface area contributed by atoms with Crippen molar-refractivity contribution in [1.82, 2.24) is 26.6 Å². The summed E-state index contributed by atoms with van der Waals surface area (Å²) in [6, 6.07) is 16.2. The highest BCUT2D eigenvalue weighted by Crippen LogP contribution is 2.27. The lowest BCUT2D eigenvalue weighted by Crippen LogP contribution is -2.59. The first-order chi connectivity index (χ1) is 23.6. The smallest absolute Gasteiger partial charge is 0.243 e. The van der Waals surface area contributed by atoms with Crippen LogP contribution in [-0.4, -0.2) is 79.2 Å². The molecule has 6 unspecified atom stereocenters. The number of carbonyl (C=O) groups excluding carboxylic acids is 4. The number of hydrogen-bond acceptors (Lipinski definition) is 7. The van der Waals surface area contributed by atoms with Gasteiger partial charge in [0, 0.05) is 31.1 Å². The van der Waals surface area contributed by atoms with Gasteiger partial charge < -0.3 is 37.3 Å². The minimum absolute atomic E-state index is 0.0577. The summed E-state index contributed by atoms with van der Waals surface area (Å²) < 4.78 is 0. The predicted molar refractivity (Wildman–Crippen MR) is 193 cm³/mol. The maximum atomic E-state index is 13.9. The molecule has 7 N–H and O–H groups in total. The molecule has 0 spiro atoms. The minimum Gasteiger partial charge on any atom is -0.351 e. The quantitative estimate of drug-likeness (QED) is 0.0991. The molecular weight excluding hydrogens is 618 g/mol. The van der Waals surface area contributed by atoms with Crippen LogP contribution in [0.4, 0.5) is 0 Å². The highest BCUT2D eigenvalue weighted by atomic mass is 16.2. The SMILES string of the molecule is C=NCCCCC(NC(=O)C(CC(C)C)NC(=O)C(Cc1ccccc1)NC(=O)C(N)Cc1ccccc1)C(=O)NC1CC2CCC(C1)N2. The molecule has 2 saturated heterocycles. The van der Waals surface area contributed by atoms with Gasteiger partial charge in [0.2, 0.25) is 23.6 Å². The maximum absolute atomic E-state index is 13.9. The number of nitrogens with two attached hydrogens (primary N) is 1. The zero-order chi connectivity index (χ0) is 35.2. The van der Waals surface area contributed by atoms with Gasteiger partial charge in [-0.2, -0.15) is 0 Å². The van der Waals surface area contributed by atoms with Crippen molar-refractivity contribution in [1.29, 1.82) is 0 Å². The zero-order valence-electron chi connectivity index (χ0n) is 29.0. The summed E-state index contributed by atoms with van der Waals surface area (Å²) in [7, 11) is 0. The number of nitrogens with zero attached hydrogens (tertiary/aromatic N) is 1. The van der Waals surface area contributed by atoms with Crippen LogP contribution >= 0.6 is 0 Å². The van der Waals surface area contributed by atoms with Crippen molar-refractivity contribution < 1.29 is 19.2 Å². The Morgan fingerprint density at radius 1 is 0.776 bits per heavy atom. The Hall–Kier alpha value is -4.09. The number of amides is 4. The third kappa shape index (κ3) is 12.4. The van der Waals surface area contributed by atoms with Gasteiger partial charge in [-0.25, -0.2) is 0 Å². The normalized spacial score (nSPS) is 20.8. The van der Waals surface area contributed by atoms with E-state index in [4.69, 9.17) is 5.73 Å². The summed E-state index contributed by atoms with van der Waals surface area (Å²) in [5, 5.41) is 15.5. The molecule has 2 fully saturated rings. The largest absolute Gasteiger partial charge is 0.351 e. The van der Waals surface area contributed by atoms with Crippen LogP contribution in [0, 0.1) is 5.92 Å². The van der Waals surface area contributed by atoms with E-state index in [1.165, 1.54) is 0 Å². The van der Waals surface area contributed by atoms with Crippen LogP contribution in [0.25, 0.3) is 0 Å². The average Bonchev–Trinajstić information content (AvgIpc) is 3.43. The van der Waals surface area contributed by atoms with Crippen LogP contribution in [-0.2, 0) is 32.0 Å². The molecule has 4 rings (SSSR count). The second-order valence-corrected chi connectivity index (χ2v) is 14.1. The summed E-state index contributed by atoms with van der Waals surface area (Å²) in [6.45, 7) is 8.06. The molecule has 2 aromatic carbocycles. The van der Waals surface area contributed by atoms with Crippen molar-refractivity contribution in [2.45, 2.75) is 120 Å². The lowest BCUT2D eigenvalue weighted by Gasteiger charge is -2.31. The van der Waals surface area contributed by atoms with Crippen LogP contribution in [0.15, 0.2) is 65.7 Å². The van der Waals surface area contributed by atoms with Crippen LogP contribution in [0.1, 0.15) is 76.3 Å². The molecule has 2 aliphatic heterocycles. The Morgan fingerprint density at radius 3 is 1.92 bits per heavy atom. The van der Waals surface area contributed by atoms with Gasteiger partial charge in [0.25, 0.3) is 0 Å². The van der Waals surface area contributed by atoms with E-state index in [-0.39, 0.29) is 24.3 Å². The van der Waals surface area contributed by atoms with E-state index in [1.807, 2.05) is 74.5 Å². The van der Waals surface area contributed by atoms with E-state index in [1.54, 1.807) is 0 Å². The number of piperidine rings is 1. The van der Waals surface area contributed by atoms with E-state index in [0.717, 1.165) is 43.2 Å². The maximum Gasteiger partial charge on any atom is 0.243 e. The van der Waals surface area contributed by atoms with E-state index >= 15 is 0 Å². The number of unbranched alkanes of at least 4 members (excludes halogenated alkanes) is 1. The van der Waals surface area contributed by atoms with Crippen molar-refractivity contribution in [2.24, 2.45) is 16.6 Å². The first-order valence-electron chi connectivity index (χ1n) is 17.8. The molecule has 2 heterocycles. The van der Waals surface area contributed by atoms with Crippen molar-refractivity contribution in [2.75, 3.05) is 6.54 Å². The minimum atomic E-state index is -0.972. The number of carbonyl (C=O) groups is 4. The molecule has 49 heavy (non-hydrogen) atoms. The predicted octanol–water partition coefficient (Wildman–Crippen LogP) is 2.57. The molecular formula is C38H55N7O4. The van der Waals surface area contributed by atoms with Gasteiger partial charge >= 0.3 is 0 Å². The first-order valence-corrected chi connectivity index (χ1v) is 17.8. The summed E-state index contributed by atoms with van der Waals surface area (Å²) in [5.74, 6) is -1.52. The highest BCUT2D eigenvalue weighted by molar-refractivity contribution is 5.95. The summed E-state index contributed by atoms with van der Waals surface area (Å²) in [5.41, 5.74) is 8.04. The Kier molecular flexibility index (Phi) is 14.8. The third-order valence-corrected chi connectivity index (χ3v) is 9.40. The molecule has 0 saturated carbocycles. The number of aliphatic imine (C=N–C) groups is 1. The molecule has 2 aromatic rings. The summed E-state index contributed by atoms with van der Waals surface area (Å²) in [6.07, 6.45) is 6.74. The zero-order valence-corrected chi connectivity index (χ0v) is 29.0. The standard InChI is InChI=1S/C38H55N7O4/c1-25(2)20-33(37(48)43-32(16-10-11-19-40-3)36(47)42-30-23-28-17-18-29(24-30)41-28)45-38(49)34(22-27-14-8-5-9-15-27)44-35(46)31(39)21-26-12-6-4-7-13-26/h4-9,12-15,25,28-34,41H,3,10-11,16-24,39H2,1-2H3,(H,42,47)(H,43,48)(H,44,46)(H,45,49). The molecule has 2 bridgehead atoms. The summed E-state index contributed by atoms with van der Waals surface area (Å²) in [4.78, 5) is 58.6. The molecule has 11 heteroatoms. The van der Waals surface area contributed by atoms with Crippen LogP contribution in [0.2, 0.25) is 0 Å².